The van der Waals surface area contributed by atoms with Gasteiger partial charge in [0.05, 0.1) is 10.0 Å². The number of hydrogen-bond donors (Lipinski definition) is 1. The van der Waals surface area contributed by atoms with E-state index in [2.05, 4.69) is 31.9 Å². The Labute approximate surface area is 124 Å². The molecule has 0 atom stereocenters. The van der Waals surface area contributed by atoms with E-state index >= 15 is 0 Å². The van der Waals surface area contributed by atoms with Gasteiger partial charge in [-0.05, 0) is 71.7 Å². The van der Waals surface area contributed by atoms with E-state index in [1.165, 1.54) is 0 Å². The zero-order valence-electron chi connectivity index (χ0n) is 10.9. The number of nitrogens with zero attached hydrogens (tertiary/aromatic N) is 1. The van der Waals surface area contributed by atoms with Crippen LogP contribution in [0.25, 0.3) is 0 Å². The molecule has 0 aliphatic carbocycles. The first-order valence-corrected chi connectivity index (χ1v) is 7.35. The normalized spacial score (nSPS) is 11.1. The number of halogens is 2. The molecule has 5 heteroatoms. The number of hydrogen-bond acceptors (Lipinski definition) is 2. The molecule has 0 unspecified atom stereocenters. The Morgan fingerprint density at radius 3 is 2.11 bits per heavy atom. The molecule has 0 saturated heterocycles. The summed E-state index contributed by atoms with van der Waals surface area (Å²) in [5, 5.41) is 9.69. The molecular formula is C13H17Br2NO2. The van der Waals surface area contributed by atoms with Gasteiger partial charge in [0.25, 0.3) is 5.91 Å². The molecule has 100 valence electrons. The molecule has 0 aliphatic rings. The molecule has 0 bridgehead atoms. The van der Waals surface area contributed by atoms with Crippen molar-refractivity contribution in [3.8, 4) is 5.75 Å². The van der Waals surface area contributed by atoms with Crippen molar-refractivity contribution in [1.29, 1.82) is 0 Å². The molecular weight excluding hydrogens is 362 g/mol. The van der Waals surface area contributed by atoms with Gasteiger partial charge in [-0.25, -0.2) is 0 Å². The molecule has 18 heavy (non-hydrogen) atoms. The van der Waals surface area contributed by atoms with Crippen molar-refractivity contribution in [3.05, 3.63) is 26.6 Å². The number of phenolic OH excluding ortho intramolecular Hbond substituents is 1. The summed E-state index contributed by atoms with van der Waals surface area (Å²) in [5.74, 6) is -0.0383. The van der Waals surface area contributed by atoms with Crippen molar-refractivity contribution >= 4 is 37.8 Å². The summed E-state index contributed by atoms with van der Waals surface area (Å²) in [7, 11) is 0. The second-order valence-corrected chi connectivity index (χ2v) is 6.30. The smallest absolute Gasteiger partial charge is 0.256 e. The molecule has 1 aromatic rings. The van der Waals surface area contributed by atoms with E-state index in [1.807, 2.05) is 27.7 Å². The predicted octanol–water partition coefficient (Wildman–Crippen LogP) is 4.18. The monoisotopic (exact) mass is 377 g/mol. The molecule has 0 aliphatic heterocycles. The number of amides is 1. The first-order chi connectivity index (χ1) is 8.27. The highest BCUT2D eigenvalue weighted by Gasteiger charge is 2.26. The Kier molecular flexibility index (Phi) is 5.22. The van der Waals surface area contributed by atoms with Gasteiger partial charge in [0.15, 0.2) is 0 Å². The molecule has 3 nitrogen and oxygen atoms in total. The lowest BCUT2D eigenvalue weighted by molar-refractivity contribution is 0.0641. The molecule has 0 radical (unpaired) electrons. The predicted molar refractivity (Wildman–Crippen MR) is 79.9 cm³/mol. The Balaban J connectivity index is 3.29. The van der Waals surface area contributed by atoms with E-state index in [-0.39, 0.29) is 23.7 Å². The lowest BCUT2D eigenvalue weighted by Crippen LogP contribution is -2.42. The van der Waals surface area contributed by atoms with Crippen LogP contribution in [0.3, 0.4) is 0 Å². The minimum absolute atomic E-state index is 0.0639. The molecule has 0 fully saturated rings. The van der Waals surface area contributed by atoms with Gasteiger partial charge in [-0.3, -0.25) is 4.79 Å². The fourth-order valence-corrected chi connectivity index (χ4v) is 3.21. The fourth-order valence-electron chi connectivity index (χ4n) is 1.93. The van der Waals surface area contributed by atoms with Gasteiger partial charge < -0.3 is 10.0 Å². The lowest BCUT2D eigenvalue weighted by atomic mass is 10.1. The SMILES string of the molecule is CC(C)N(C(=O)c1c(Br)ccc(O)c1Br)C(C)C. The summed E-state index contributed by atoms with van der Waals surface area (Å²) in [6, 6.07) is 3.41. The van der Waals surface area contributed by atoms with Crippen LogP contribution < -0.4 is 0 Å². The van der Waals surface area contributed by atoms with Crippen LogP contribution in [0.4, 0.5) is 0 Å². The van der Waals surface area contributed by atoms with E-state index in [0.717, 1.165) is 0 Å². The van der Waals surface area contributed by atoms with Crippen LogP contribution in [-0.4, -0.2) is 28.0 Å². The summed E-state index contributed by atoms with van der Waals surface area (Å²) in [6.07, 6.45) is 0. The maximum Gasteiger partial charge on any atom is 0.256 e. The van der Waals surface area contributed by atoms with Crippen LogP contribution in [0.2, 0.25) is 0 Å². The largest absolute Gasteiger partial charge is 0.507 e. The molecule has 1 N–H and O–H groups in total. The molecule has 0 heterocycles. The highest BCUT2D eigenvalue weighted by Crippen LogP contribution is 2.34. The summed E-state index contributed by atoms with van der Waals surface area (Å²) in [5.41, 5.74) is 0.456. The minimum Gasteiger partial charge on any atom is -0.507 e. The van der Waals surface area contributed by atoms with Crippen LogP contribution >= 0.6 is 31.9 Å². The van der Waals surface area contributed by atoms with E-state index < -0.39 is 0 Å². The van der Waals surface area contributed by atoms with Crippen LogP contribution in [0, 0.1) is 0 Å². The molecule has 0 saturated carbocycles. The second kappa shape index (κ2) is 6.06. The first-order valence-electron chi connectivity index (χ1n) is 5.77. The number of aromatic hydroxyl groups is 1. The van der Waals surface area contributed by atoms with Crippen molar-refractivity contribution in [3.63, 3.8) is 0 Å². The minimum atomic E-state index is -0.102. The molecule has 1 rings (SSSR count). The van der Waals surface area contributed by atoms with E-state index in [9.17, 15) is 9.90 Å². The van der Waals surface area contributed by atoms with Crippen LogP contribution in [-0.2, 0) is 0 Å². The van der Waals surface area contributed by atoms with Crippen LogP contribution in [0.5, 0.6) is 5.75 Å². The average molecular weight is 379 g/mol. The number of carbonyl (C=O) groups is 1. The highest BCUT2D eigenvalue weighted by molar-refractivity contribution is 9.11. The second-order valence-electron chi connectivity index (χ2n) is 4.66. The molecule has 1 aromatic carbocycles. The van der Waals surface area contributed by atoms with Gasteiger partial charge in [0, 0.05) is 16.6 Å². The number of phenols is 1. The zero-order valence-corrected chi connectivity index (χ0v) is 14.0. The maximum absolute atomic E-state index is 12.6. The average Bonchev–Trinajstić information content (AvgIpc) is 2.23. The summed E-state index contributed by atoms with van der Waals surface area (Å²) >= 11 is 6.63. The van der Waals surface area contributed by atoms with Gasteiger partial charge in [-0.15, -0.1) is 0 Å². The standard InChI is InChI=1S/C13H17Br2NO2/c1-7(2)16(8(3)4)13(18)11-9(14)5-6-10(17)12(11)15/h5-8,17H,1-4H3. The van der Waals surface area contributed by atoms with E-state index in [4.69, 9.17) is 0 Å². The zero-order chi connectivity index (χ0) is 14.0. The van der Waals surface area contributed by atoms with Crippen LogP contribution in [0.15, 0.2) is 21.1 Å². The van der Waals surface area contributed by atoms with Crippen molar-refractivity contribution < 1.29 is 9.90 Å². The molecule has 0 aromatic heterocycles. The summed E-state index contributed by atoms with van der Waals surface area (Å²) in [6.45, 7) is 7.90. The van der Waals surface area contributed by atoms with Gasteiger partial charge in [-0.1, -0.05) is 0 Å². The third-order valence-electron chi connectivity index (χ3n) is 2.63. The van der Waals surface area contributed by atoms with Crippen molar-refractivity contribution in [1.82, 2.24) is 4.90 Å². The molecule has 1 amide bonds. The third kappa shape index (κ3) is 3.06. The molecule has 0 spiro atoms. The van der Waals surface area contributed by atoms with E-state index in [0.29, 0.717) is 14.5 Å². The Hall–Kier alpha value is -0.550. The number of carbonyl (C=O) groups excluding carboxylic acids is 1. The van der Waals surface area contributed by atoms with Gasteiger partial charge >= 0.3 is 0 Å². The third-order valence-corrected chi connectivity index (χ3v) is 4.10. The van der Waals surface area contributed by atoms with Gasteiger partial charge in [0.1, 0.15) is 5.75 Å². The van der Waals surface area contributed by atoms with Crippen molar-refractivity contribution in [2.45, 2.75) is 39.8 Å². The highest BCUT2D eigenvalue weighted by atomic mass is 79.9. The lowest BCUT2D eigenvalue weighted by Gasteiger charge is -2.31. The number of rotatable bonds is 3. The van der Waals surface area contributed by atoms with E-state index in [1.54, 1.807) is 17.0 Å². The summed E-state index contributed by atoms with van der Waals surface area (Å²) in [4.78, 5) is 14.4. The van der Waals surface area contributed by atoms with Crippen molar-refractivity contribution in [2.24, 2.45) is 0 Å². The van der Waals surface area contributed by atoms with Gasteiger partial charge in [0.2, 0.25) is 0 Å². The first kappa shape index (κ1) is 15.5. The van der Waals surface area contributed by atoms with Crippen LogP contribution in [0.1, 0.15) is 38.1 Å². The Morgan fingerprint density at radius 2 is 1.67 bits per heavy atom. The van der Waals surface area contributed by atoms with Gasteiger partial charge in [-0.2, -0.15) is 0 Å². The van der Waals surface area contributed by atoms with Crippen molar-refractivity contribution in [2.75, 3.05) is 0 Å². The summed E-state index contributed by atoms with van der Waals surface area (Å²) < 4.78 is 1.09. The maximum atomic E-state index is 12.6. The topological polar surface area (TPSA) is 40.5 Å². The Bertz CT molecular complexity index is 451. The quantitative estimate of drug-likeness (QED) is 0.857. The number of benzene rings is 1. The Morgan fingerprint density at radius 1 is 1.17 bits per heavy atom. The fraction of sp³-hybridized carbons (Fsp3) is 0.462.